The van der Waals surface area contributed by atoms with E-state index in [9.17, 15) is 24.0 Å². The van der Waals surface area contributed by atoms with Crippen molar-refractivity contribution in [1.82, 2.24) is 20.0 Å². The second kappa shape index (κ2) is 12.6. The van der Waals surface area contributed by atoms with Gasteiger partial charge in [-0.15, -0.1) is 0 Å². The van der Waals surface area contributed by atoms with E-state index >= 15 is 0 Å². The summed E-state index contributed by atoms with van der Waals surface area (Å²) in [5.74, 6) is -0.792. The summed E-state index contributed by atoms with van der Waals surface area (Å²) in [5.41, 5.74) is 2.00. The molecule has 0 spiro atoms. The number of hydrogen-bond acceptors (Lipinski definition) is 8. The number of carbonyl (C=O) groups excluding carboxylic acids is 5. The summed E-state index contributed by atoms with van der Waals surface area (Å²) in [7, 11) is 0. The molecule has 3 fully saturated rings. The number of ether oxygens (including phenoxy) is 1. The molecule has 1 N–H and O–H groups in total. The first-order valence-corrected chi connectivity index (χ1v) is 15.3. The Morgan fingerprint density at radius 1 is 0.932 bits per heavy atom. The molecule has 2 aromatic rings. The molecule has 1 unspecified atom stereocenters. The number of carbonyl (C=O) groups is 5. The molecule has 0 radical (unpaired) electrons. The van der Waals surface area contributed by atoms with Crippen LogP contribution >= 0.6 is 0 Å². The first-order valence-electron chi connectivity index (χ1n) is 15.3. The normalized spacial score (nSPS) is 21.4. The Hall–Kier alpha value is -4.51. The van der Waals surface area contributed by atoms with E-state index in [1.807, 2.05) is 29.2 Å². The van der Waals surface area contributed by atoms with E-state index in [4.69, 9.17) is 4.74 Å². The molecule has 0 aliphatic carbocycles. The first kappa shape index (κ1) is 29.6. The highest BCUT2D eigenvalue weighted by molar-refractivity contribution is 6.25. The largest absolute Gasteiger partial charge is 0.490 e. The lowest BCUT2D eigenvalue weighted by atomic mass is 9.94. The van der Waals surface area contributed by atoms with Gasteiger partial charge in [-0.05, 0) is 55.5 Å². The predicted octanol–water partition coefficient (Wildman–Crippen LogP) is 2.33. The standard InChI is InChI=1S/C33H37N5O6/c1-2-19-44-24-6-3-5-23(20-24)31(41)37-17-15-35(16-18-37)21-22-11-13-36(14-12-22)26-8-4-7-25-29(26)33(43)38(32(25)42)27-9-10-28(39)34-30(27)40/h2-8,20,22,27H,1,9-19,21H2,(H,34,39,40). The number of anilines is 1. The lowest BCUT2D eigenvalue weighted by Crippen LogP contribution is -2.54. The van der Waals surface area contributed by atoms with Gasteiger partial charge in [0.05, 0.1) is 16.8 Å². The Morgan fingerprint density at radius 3 is 2.41 bits per heavy atom. The third-order valence-electron chi connectivity index (χ3n) is 9.03. The van der Waals surface area contributed by atoms with Crippen molar-refractivity contribution >= 4 is 35.2 Å². The summed E-state index contributed by atoms with van der Waals surface area (Å²) in [4.78, 5) is 71.4. The average Bonchev–Trinajstić information content (AvgIpc) is 3.30. The quantitative estimate of drug-likeness (QED) is 0.363. The lowest BCUT2D eigenvalue weighted by molar-refractivity contribution is -0.136. The molecule has 6 rings (SSSR count). The Balaban J connectivity index is 1.02. The second-order valence-electron chi connectivity index (χ2n) is 11.8. The highest BCUT2D eigenvalue weighted by atomic mass is 16.5. The van der Waals surface area contributed by atoms with Crippen LogP contribution in [0.1, 0.15) is 56.8 Å². The van der Waals surface area contributed by atoms with Crippen LogP contribution in [0.5, 0.6) is 5.75 Å². The Kier molecular flexibility index (Phi) is 8.47. The number of hydrogen-bond donors (Lipinski definition) is 1. The third kappa shape index (κ3) is 5.84. The van der Waals surface area contributed by atoms with Crippen molar-refractivity contribution in [1.29, 1.82) is 0 Å². The molecule has 2 aromatic carbocycles. The van der Waals surface area contributed by atoms with Crippen LogP contribution in [0.2, 0.25) is 0 Å². The number of amides is 5. The highest BCUT2D eigenvalue weighted by Crippen LogP contribution is 2.36. The Labute approximate surface area is 256 Å². The highest BCUT2D eigenvalue weighted by Gasteiger charge is 2.46. The number of rotatable bonds is 8. The van der Waals surface area contributed by atoms with Crippen molar-refractivity contribution < 1.29 is 28.7 Å². The van der Waals surface area contributed by atoms with Crippen LogP contribution < -0.4 is 15.0 Å². The summed E-state index contributed by atoms with van der Waals surface area (Å²) in [5, 5.41) is 2.25. The lowest BCUT2D eigenvalue weighted by Gasteiger charge is -2.39. The molecule has 11 nitrogen and oxygen atoms in total. The van der Waals surface area contributed by atoms with Gasteiger partial charge in [0.25, 0.3) is 17.7 Å². The predicted molar refractivity (Wildman–Crippen MR) is 163 cm³/mol. The van der Waals surface area contributed by atoms with E-state index < -0.39 is 29.7 Å². The number of benzene rings is 2. The minimum atomic E-state index is -0.976. The first-order chi connectivity index (χ1) is 21.3. The van der Waals surface area contributed by atoms with Crippen LogP contribution in [0.15, 0.2) is 55.1 Å². The van der Waals surface area contributed by atoms with Gasteiger partial charge < -0.3 is 14.5 Å². The molecule has 4 aliphatic rings. The van der Waals surface area contributed by atoms with E-state index in [2.05, 4.69) is 21.7 Å². The van der Waals surface area contributed by atoms with Crippen LogP contribution in [0.3, 0.4) is 0 Å². The Bertz CT molecular complexity index is 1490. The minimum Gasteiger partial charge on any atom is -0.490 e. The van der Waals surface area contributed by atoms with Gasteiger partial charge in [-0.1, -0.05) is 24.8 Å². The molecule has 5 amide bonds. The zero-order chi connectivity index (χ0) is 30.8. The van der Waals surface area contributed by atoms with Crippen molar-refractivity contribution in [3.05, 3.63) is 71.8 Å². The van der Waals surface area contributed by atoms with Gasteiger partial charge in [0.2, 0.25) is 11.8 Å². The summed E-state index contributed by atoms with van der Waals surface area (Å²) < 4.78 is 5.58. The monoisotopic (exact) mass is 599 g/mol. The van der Waals surface area contributed by atoms with Crippen molar-refractivity contribution in [2.75, 3.05) is 57.3 Å². The van der Waals surface area contributed by atoms with Gasteiger partial charge in [0.15, 0.2) is 0 Å². The maximum Gasteiger partial charge on any atom is 0.264 e. The zero-order valence-electron chi connectivity index (χ0n) is 24.7. The number of fused-ring (bicyclic) bond motifs is 1. The van der Waals surface area contributed by atoms with Crippen LogP contribution in [0.4, 0.5) is 5.69 Å². The van der Waals surface area contributed by atoms with Crippen LogP contribution in [0.25, 0.3) is 0 Å². The molecular weight excluding hydrogens is 562 g/mol. The van der Waals surface area contributed by atoms with Gasteiger partial charge in [-0.2, -0.15) is 0 Å². The molecule has 4 aliphatic heterocycles. The number of piperidine rings is 2. The fourth-order valence-corrected chi connectivity index (χ4v) is 6.67. The number of nitrogens with zero attached hydrogens (tertiary/aromatic N) is 4. The van der Waals surface area contributed by atoms with E-state index in [-0.39, 0.29) is 18.7 Å². The molecule has 11 heteroatoms. The fraction of sp³-hybridized carbons (Fsp3) is 0.424. The molecule has 0 bridgehead atoms. The molecule has 4 heterocycles. The molecule has 44 heavy (non-hydrogen) atoms. The van der Waals surface area contributed by atoms with Gasteiger partial charge in [0, 0.05) is 57.8 Å². The van der Waals surface area contributed by atoms with Crippen molar-refractivity contribution in [2.45, 2.75) is 31.7 Å². The topological polar surface area (TPSA) is 120 Å². The van der Waals surface area contributed by atoms with Crippen LogP contribution in [0, 0.1) is 5.92 Å². The van der Waals surface area contributed by atoms with E-state index in [0.29, 0.717) is 48.1 Å². The Morgan fingerprint density at radius 2 is 1.68 bits per heavy atom. The van der Waals surface area contributed by atoms with E-state index in [0.717, 1.165) is 56.2 Å². The maximum absolute atomic E-state index is 13.5. The van der Waals surface area contributed by atoms with Crippen molar-refractivity contribution in [3.63, 3.8) is 0 Å². The molecule has 3 saturated heterocycles. The number of nitrogens with one attached hydrogen (secondary N) is 1. The van der Waals surface area contributed by atoms with Gasteiger partial charge in [-0.3, -0.25) is 39.1 Å². The SMILES string of the molecule is C=CCOc1cccc(C(=O)N2CCN(CC3CCN(c4cccc5c4C(=O)N(C4CCC(=O)NC4=O)C5=O)CC3)CC2)c1. The third-order valence-corrected chi connectivity index (χ3v) is 9.03. The second-order valence-corrected chi connectivity index (χ2v) is 11.8. The van der Waals surface area contributed by atoms with Gasteiger partial charge in [-0.25, -0.2) is 0 Å². The number of piperazine rings is 1. The summed E-state index contributed by atoms with van der Waals surface area (Å²) in [6, 6.07) is 11.6. The minimum absolute atomic E-state index is 0.0154. The van der Waals surface area contributed by atoms with Crippen LogP contribution in [-0.2, 0) is 9.59 Å². The number of imide groups is 2. The summed E-state index contributed by atoms with van der Waals surface area (Å²) >= 11 is 0. The fourth-order valence-electron chi connectivity index (χ4n) is 6.67. The average molecular weight is 600 g/mol. The molecule has 1 atom stereocenters. The summed E-state index contributed by atoms with van der Waals surface area (Å²) in [6.45, 7) is 9.49. The van der Waals surface area contributed by atoms with Crippen LogP contribution in [-0.4, -0.2) is 103 Å². The van der Waals surface area contributed by atoms with E-state index in [1.54, 1.807) is 24.3 Å². The molecule has 230 valence electrons. The molecule has 0 saturated carbocycles. The van der Waals surface area contributed by atoms with Crippen molar-refractivity contribution in [2.24, 2.45) is 5.92 Å². The van der Waals surface area contributed by atoms with Crippen molar-refractivity contribution in [3.8, 4) is 5.75 Å². The van der Waals surface area contributed by atoms with Gasteiger partial charge in [0.1, 0.15) is 18.4 Å². The molecule has 0 aromatic heterocycles. The smallest absolute Gasteiger partial charge is 0.264 e. The molecular formula is C33H37N5O6. The zero-order valence-corrected chi connectivity index (χ0v) is 24.7. The summed E-state index contributed by atoms with van der Waals surface area (Å²) in [6.07, 6.45) is 3.79. The maximum atomic E-state index is 13.5. The van der Waals surface area contributed by atoms with E-state index in [1.165, 1.54) is 0 Å². The van der Waals surface area contributed by atoms with Gasteiger partial charge >= 0.3 is 0 Å².